The van der Waals surface area contributed by atoms with E-state index in [0.29, 0.717) is 5.69 Å². The average Bonchev–Trinajstić information content (AvgIpc) is 2.47. The van der Waals surface area contributed by atoms with E-state index in [-0.39, 0.29) is 11.4 Å². The molecule has 2 rings (SSSR count). The van der Waals surface area contributed by atoms with Crippen LogP contribution in [0.2, 0.25) is 0 Å². The molecule has 0 fully saturated rings. The van der Waals surface area contributed by atoms with Crippen molar-refractivity contribution in [2.24, 2.45) is 5.84 Å². The van der Waals surface area contributed by atoms with Gasteiger partial charge in [0.2, 0.25) is 10.0 Å². The summed E-state index contributed by atoms with van der Waals surface area (Å²) in [5, 5.41) is 0. The highest BCUT2D eigenvalue weighted by molar-refractivity contribution is 9.10. The van der Waals surface area contributed by atoms with Crippen LogP contribution in [0.3, 0.4) is 0 Å². The SMILES string of the molecule is CN(Cc1cccc(Br)c1)S(=O)(=O)c1cnccc1NN. The number of benzene rings is 1. The van der Waals surface area contributed by atoms with Gasteiger partial charge in [0.1, 0.15) is 4.90 Å². The molecule has 0 aliphatic heterocycles. The van der Waals surface area contributed by atoms with Crippen LogP contribution in [0.5, 0.6) is 0 Å². The van der Waals surface area contributed by atoms with Crippen molar-refractivity contribution in [3.05, 3.63) is 52.8 Å². The molecule has 0 unspecified atom stereocenters. The van der Waals surface area contributed by atoms with Crippen molar-refractivity contribution < 1.29 is 8.42 Å². The first-order valence-electron chi connectivity index (χ1n) is 6.06. The zero-order chi connectivity index (χ0) is 15.5. The molecule has 0 bridgehead atoms. The lowest BCUT2D eigenvalue weighted by atomic mass is 10.2. The van der Waals surface area contributed by atoms with E-state index in [9.17, 15) is 8.42 Å². The minimum absolute atomic E-state index is 0.0463. The van der Waals surface area contributed by atoms with E-state index in [1.54, 1.807) is 0 Å². The molecule has 0 aliphatic rings. The molecule has 112 valence electrons. The van der Waals surface area contributed by atoms with Crippen molar-refractivity contribution in [2.75, 3.05) is 12.5 Å². The number of sulfonamides is 1. The molecule has 1 heterocycles. The highest BCUT2D eigenvalue weighted by Crippen LogP contribution is 2.23. The monoisotopic (exact) mass is 370 g/mol. The van der Waals surface area contributed by atoms with Crippen LogP contribution in [0.1, 0.15) is 5.56 Å². The molecule has 0 saturated carbocycles. The molecule has 1 aromatic carbocycles. The Bertz CT molecular complexity index is 736. The maximum absolute atomic E-state index is 12.6. The topological polar surface area (TPSA) is 88.3 Å². The minimum Gasteiger partial charge on any atom is -0.323 e. The lowest BCUT2D eigenvalue weighted by molar-refractivity contribution is 0.466. The maximum atomic E-state index is 12.6. The van der Waals surface area contributed by atoms with E-state index in [1.165, 1.54) is 29.8 Å². The largest absolute Gasteiger partial charge is 0.323 e. The molecule has 2 aromatic rings. The van der Waals surface area contributed by atoms with E-state index in [0.717, 1.165) is 10.0 Å². The molecule has 0 spiro atoms. The summed E-state index contributed by atoms with van der Waals surface area (Å²) in [5.74, 6) is 5.35. The Morgan fingerprint density at radius 1 is 1.38 bits per heavy atom. The Labute approximate surface area is 132 Å². The van der Waals surface area contributed by atoms with Gasteiger partial charge in [-0.15, -0.1) is 0 Å². The van der Waals surface area contributed by atoms with Gasteiger partial charge in [0.05, 0.1) is 5.69 Å². The highest BCUT2D eigenvalue weighted by Gasteiger charge is 2.24. The van der Waals surface area contributed by atoms with Crippen LogP contribution in [0.25, 0.3) is 0 Å². The summed E-state index contributed by atoms with van der Waals surface area (Å²) < 4.78 is 27.3. The summed E-state index contributed by atoms with van der Waals surface area (Å²) in [7, 11) is -2.16. The number of hydrogen-bond donors (Lipinski definition) is 2. The fourth-order valence-electron chi connectivity index (χ4n) is 1.85. The van der Waals surface area contributed by atoms with Crippen molar-refractivity contribution in [2.45, 2.75) is 11.4 Å². The van der Waals surface area contributed by atoms with Crippen LogP contribution in [0.4, 0.5) is 5.69 Å². The molecule has 3 N–H and O–H groups in total. The predicted molar refractivity (Wildman–Crippen MR) is 84.8 cm³/mol. The fraction of sp³-hybridized carbons (Fsp3) is 0.154. The number of nitrogens with one attached hydrogen (secondary N) is 1. The van der Waals surface area contributed by atoms with Crippen LogP contribution in [0.15, 0.2) is 52.1 Å². The zero-order valence-electron chi connectivity index (χ0n) is 11.3. The number of anilines is 1. The van der Waals surface area contributed by atoms with Gasteiger partial charge in [-0.2, -0.15) is 4.31 Å². The number of hydrazine groups is 1. The number of halogens is 1. The summed E-state index contributed by atoms with van der Waals surface area (Å²) in [4.78, 5) is 3.90. The van der Waals surface area contributed by atoms with Gasteiger partial charge in [-0.05, 0) is 23.8 Å². The first-order chi connectivity index (χ1) is 9.95. The molecule has 21 heavy (non-hydrogen) atoms. The zero-order valence-corrected chi connectivity index (χ0v) is 13.7. The third-order valence-corrected chi connectivity index (χ3v) is 5.25. The van der Waals surface area contributed by atoms with E-state index in [2.05, 4.69) is 26.3 Å². The highest BCUT2D eigenvalue weighted by atomic mass is 79.9. The van der Waals surface area contributed by atoms with E-state index >= 15 is 0 Å². The number of hydrogen-bond acceptors (Lipinski definition) is 5. The van der Waals surface area contributed by atoms with Crippen molar-refractivity contribution in [3.8, 4) is 0 Å². The number of nitrogens with two attached hydrogens (primary N) is 1. The number of nitrogens with zero attached hydrogens (tertiary/aromatic N) is 2. The first kappa shape index (κ1) is 15.9. The molecular formula is C13H15BrN4O2S. The Hall–Kier alpha value is -1.48. The molecule has 0 radical (unpaired) electrons. The van der Waals surface area contributed by atoms with Crippen molar-refractivity contribution in [3.63, 3.8) is 0 Å². The Kier molecular flexibility index (Phi) is 4.94. The minimum atomic E-state index is -3.68. The molecule has 6 nitrogen and oxygen atoms in total. The Morgan fingerprint density at radius 3 is 2.81 bits per heavy atom. The normalized spacial score (nSPS) is 11.6. The molecule has 0 aliphatic carbocycles. The predicted octanol–water partition coefficient (Wildman–Crippen LogP) is 1.95. The Morgan fingerprint density at radius 2 is 2.14 bits per heavy atom. The lowest BCUT2D eigenvalue weighted by Crippen LogP contribution is -2.28. The number of pyridine rings is 1. The summed E-state index contributed by atoms with van der Waals surface area (Å²) in [5.41, 5.74) is 3.56. The standard InChI is InChI=1S/C13H15BrN4O2S/c1-18(9-10-3-2-4-11(14)7-10)21(19,20)13-8-16-6-5-12(13)17-15/h2-8H,9,15H2,1H3,(H,16,17). The second-order valence-electron chi connectivity index (χ2n) is 4.41. The van der Waals surface area contributed by atoms with Crippen LogP contribution in [-0.2, 0) is 16.6 Å². The summed E-state index contributed by atoms with van der Waals surface area (Å²) >= 11 is 3.37. The summed E-state index contributed by atoms with van der Waals surface area (Å²) in [6.45, 7) is 0.251. The van der Waals surface area contributed by atoms with Crippen molar-refractivity contribution >= 4 is 31.6 Å². The van der Waals surface area contributed by atoms with Gasteiger partial charge in [0.25, 0.3) is 0 Å². The van der Waals surface area contributed by atoms with Crippen LogP contribution >= 0.6 is 15.9 Å². The molecule has 0 amide bonds. The van der Waals surface area contributed by atoms with Crippen LogP contribution in [0, 0.1) is 0 Å². The third kappa shape index (κ3) is 3.59. The second kappa shape index (κ2) is 6.52. The number of aromatic nitrogens is 1. The molecule has 1 aromatic heterocycles. The van der Waals surface area contributed by atoms with E-state index < -0.39 is 10.0 Å². The maximum Gasteiger partial charge on any atom is 0.246 e. The van der Waals surface area contributed by atoms with Crippen molar-refractivity contribution in [1.82, 2.24) is 9.29 Å². The van der Waals surface area contributed by atoms with Gasteiger partial charge in [-0.3, -0.25) is 10.8 Å². The number of nitrogen functional groups attached to an aromatic ring is 1. The van der Waals surface area contributed by atoms with E-state index in [1.807, 2.05) is 24.3 Å². The summed E-state index contributed by atoms with van der Waals surface area (Å²) in [6, 6.07) is 8.99. The van der Waals surface area contributed by atoms with E-state index in [4.69, 9.17) is 5.84 Å². The van der Waals surface area contributed by atoms with Gasteiger partial charge in [0, 0.05) is 30.5 Å². The lowest BCUT2D eigenvalue weighted by Gasteiger charge is -2.19. The van der Waals surface area contributed by atoms with Gasteiger partial charge < -0.3 is 5.43 Å². The van der Waals surface area contributed by atoms with Crippen LogP contribution < -0.4 is 11.3 Å². The molecule has 8 heteroatoms. The molecule has 0 atom stereocenters. The first-order valence-corrected chi connectivity index (χ1v) is 8.30. The molecule has 0 saturated heterocycles. The average molecular weight is 371 g/mol. The quantitative estimate of drug-likeness (QED) is 0.620. The number of rotatable bonds is 5. The fourth-order valence-corrected chi connectivity index (χ4v) is 3.55. The third-order valence-electron chi connectivity index (χ3n) is 2.92. The van der Waals surface area contributed by atoms with Gasteiger partial charge in [-0.25, -0.2) is 8.42 Å². The van der Waals surface area contributed by atoms with Gasteiger partial charge in [-0.1, -0.05) is 28.1 Å². The Balaban J connectivity index is 2.31. The molecular weight excluding hydrogens is 356 g/mol. The van der Waals surface area contributed by atoms with Crippen LogP contribution in [-0.4, -0.2) is 24.8 Å². The second-order valence-corrected chi connectivity index (χ2v) is 7.34. The van der Waals surface area contributed by atoms with Gasteiger partial charge >= 0.3 is 0 Å². The van der Waals surface area contributed by atoms with Crippen molar-refractivity contribution in [1.29, 1.82) is 0 Å². The van der Waals surface area contributed by atoms with Gasteiger partial charge in [0.15, 0.2) is 0 Å². The summed E-state index contributed by atoms with van der Waals surface area (Å²) in [6.07, 6.45) is 2.75. The smallest absolute Gasteiger partial charge is 0.246 e.